The van der Waals surface area contributed by atoms with Crippen LogP contribution in [-0.4, -0.2) is 24.6 Å². The van der Waals surface area contributed by atoms with E-state index < -0.39 is 5.56 Å². The van der Waals surface area contributed by atoms with Crippen LogP contribution in [0.25, 0.3) is 27.9 Å². The van der Waals surface area contributed by atoms with Crippen LogP contribution in [0.3, 0.4) is 0 Å². The van der Waals surface area contributed by atoms with Crippen LogP contribution in [0.1, 0.15) is 0 Å². The lowest BCUT2D eigenvalue weighted by Crippen LogP contribution is -2.11. The van der Waals surface area contributed by atoms with Crippen molar-refractivity contribution in [1.29, 1.82) is 0 Å². The van der Waals surface area contributed by atoms with Crippen molar-refractivity contribution in [2.45, 2.75) is 0 Å². The molecule has 3 aromatic heterocycles. The van der Waals surface area contributed by atoms with Gasteiger partial charge in [0.25, 0.3) is 5.56 Å². The average molecular weight is 384 g/mol. The Morgan fingerprint density at radius 3 is 2.69 bits per heavy atom. The smallest absolute Gasteiger partial charge is 0.293 e. The van der Waals surface area contributed by atoms with Crippen molar-refractivity contribution in [3.05, 3.63) is 89.1 Å². The topological polar surface area (TPSA) is 85.1 Å². The summed E-state index contributed by atoms with van der Waals surface area (Å²) in [4.78, 5) is 25.2. The van der Waals surface area contributed by atoms with Gasteiger partial charge in [0.1, 0.15) is 11.5 Å². The summed E-state index contributed by atoms with van der Waals surface area (Å²) in [6.45, 7) is 0. The van der Waals surface area contributed by atoms with Crippen molar-refractivity contribution in [3.8, 4) is 11.4 Å². The van der Waals surface area contributed by atoms with Gasteiger partial charge < -0.3 is 5.32 Å². The zero-order valence-electron chi connectivity index (χ0n) is 15.0. The second kappa shape index (κ2) is 6.75. The molecule has 3 heterocycles. The van der Waals surface area contributed by atoms with Gasteiger partial charge in [0.05, 0.1) is 5.52 Å². The summed E-state index contributed by atoms with van der Waals surface area (Å²) >= 11 is 0. The third kappa shape index (κ3) is 3.06. The molecule has 0 fully saturated rings. The highest BCUT2D eigenvalue weighted by molar-refractivity contribution is 5.93. The molecule has 0 saturated carbocycles. The molecule has 0 saturated heterocycles. The number of para-hydroxylation sites is 1. The quantitative estimate of drug-likeness (QED) is 0.512. The number of nitrogens with one attached hydrogen (secondary N) is 1. The van der Waals surface area contributed by atoms with Crippen molar-refractivity contribution >= 4 is 28.2 Å². The monoisotopic (exact) mass is 384 g/mol. The first-order valence-corrected chi connectivity index (χ1v) is 8.83. The lowest BCUT2D eigenvalue weighted by atomic mass is 10.2. The Kier molecular flexibility index (Phi) is 3.94. The largest absolute Gasteiger partial charge is 0.319 e. The molecule has 29 heavy (non-hydrogen) atoms. The van der Waals surface area contributed by atoms with Crippen LogP contribution in [0.15, 0.2) is 77.7 Å². The number of hydrogen-bond acceptors (Lipinski definition) is 6. The van der Waals surface area contributed by atoms with E-state index in [1.807, 2.05) is 24.3 Å². The predicted octanol–water partition coefficient (Wildman–Crippen LogP) is 3.58. The molecule has 0 aliphatic carbocycles. The number of aromatic nitrogens is 5. The van der Waals surface area contributed by atoms with Crippen molar-refractivity contribution < 1.29 is 4.39 Å². The second-order valence-electron chi connectivity index (χ2n) is 6.31. The maximum atomic E-state index is 13.7. The molecule has 0 aliphatic rings. The highest BCUT2D eigenvalue weighted by Gasteiger charge is 2.15. The number of anilines is 2. The van der Waals surface area contributed by atoms with E-state index in [9.17, 15) is 9.18 Å². The van der Waals surface area contributed by atoms with Crippen LogP contribution in [0.5, 0.6) is 0 Å². The molecular weight excluding hydrogens is 371 g/mol. The molecule has 140 valence electrons. The van der Waals surface area contributed by atoms with E-state index in [-0.39, 0.29) is 11.5 Å². The fourth-order valence-corrected chi connectivity index (χ4v) is 3.06. The van der Waals surface area contributed by atoms with E-state index >= 15 is 0 Å². The lowest BCUT2D eigenvalue weighted by molar-refractivity contribution is 0.628. The standard InChI is InChI=1S/C21H13FN6O/c22-14-7-5-6-13(12-14)18-26-19-15-8-1-2-9-16(15)24-21(28(19)27-18)25-17-10-3-4-11-23-20(17)29/h1-12H,(H,23,24,25,29). The number of hydrogen-bond donors (Lipinski definition) is 1. The van der Waals surface area contributed by atoms with E-state index in [1.54, 1.807) is 30.3 Å². The van der Waals surface area contributed by atoms with Gasteiger partial charge in [-0.25, -0.2) is 19.3 Å². The highest BCUT2D eigenvalue weighted by atomic mass is 19.1. The van der Waals surface area contributed by atoms with Gasteiger partial charge in [0.15, 0.2) is 11.5 Å². The zero-order valence-corrected chi connectivity index (χ0v) is 15.0. The van der Waals surface area contributed by atoms with Gasteiger partial charge in [-0.15, -0.1) is 5.10 Å². The molecule has 5 rings (SSSR count). The number of rotatable bonds is 3. The average Bonchev–Trinajstić information content (AvgIpc) is 3.09. The maximum absolute atomic E-state index is 13.7. The fraction of sp³-hybridized carbons (Fsp3) is 0. The van der Waals surface area contributed by atoms with Gasteiger partial charge in [0.2, 0.25) is 5.95 Å². The van der Waals surface area contributed by atoms with Gasteiger partial charge >= 0.3 is 0 Å². The summed E-state index contributed by atoms with van der Waals surface area (Å²) < 4.78 is 15.2. The minimum Gasteiger partial charge on any atom is -0.319 e. The molecule has 1 N–H and O–H groups in total. The molecule has 8 heteroatoms. The Balaban J connectivity index is 1.76. The minimum absolute atomic E-state index is 0.252. The molecule has 0 spiro atoms. The Hall–Kier alpha value is -4.20. The van der Waals surface area contributed by atoms with Gasteiger partial charge in [-0.1, -0.05) is 30.3 Å². The SMILES string of the molecule is O=c1nccccc1Nc1nc2ccccc2c2nc(-c3cccc(F)c3)nn12. The molecule has 2 aromatic carbocycles. The summed E-state index contributed by atoms with van der Waals surface area (Å²) in [5.41, 5.74) is 1.59. The third-order valence-electron chi connectivity index (χ3n) is 4.39. The van der Waals surface area contributed by atoms with E-state index in [0.29, 0.717) is 28.5 Å². The van der Waals surface area contributed by atoms with Crippen LogP contribution in [0, 0.1) is 5.82 Å². The Morgan fingerprint density at radius 1 is 0.931 bits per heavy atom. The molecule has 5 aromatic rings. The van der Waals surface area contributed by atoms with E-state index in [0.717, 1.165) is 5.39 Å². The van der Waals surface area contributed by atoms with Crippen LogP contribution in [0.4, 0.5) is 16.0 Å². The predicted molar refractivity (Wildman–Crippen MR) is 107 cm³/mol. The fourth-order valence-electron chi connectivity index (χ4n) is 3.06. The Bertz CT molecular complexity index is 1430. The minimum atomic E-state index is -0.427. The molecule has 0 aliphatic heterocycles. The molecule has 0 amide bonds. The molecule has 0 unspecified atom stereocenters. The van der Waals surface area contributed by atoms with E-state index in [1.165, 1.54) is 22.8 Å². The molecule has 0 bridgehead atoms. The molecule has 0 radical (unpaired) electrons. The summed E-state index contributed by atoms with van der Waals surface area (Å²) in [6, 6.07) is 18.5. The molecule has 7 nitrogen and oxygen atoms in total. The summed E-state index contributed by atoms with van der Waals surface area (Å²) in [5, 5.41) is 8.30. The second-order valence-corrected chi connectivity index (χ2v) is 6.31. The maximum Gasteiger partial charge on any atom is 0.293 e. The van der Waals surface area contributed by atoms with Crippen molar-refractivity contribution in [2.24, 2.45) is 0 Å². The lowest BCUT2D eigenvalue weighted by Gasteiger charge is -2.07. The van der Waals surface area contributed by atoms with Crippen molar-refractivity contribution in [1.82, 2.24) is 24.6 Å². The molecular formula is C21H13FN6O. The first-order valence-electron chi connectivity index (χ1n) is 8.83. The van der Waals surface area contributed by atoms with Gasteiger partial charge in [-0.05, 0) is 36.4 Å². The number of halogens is 1. The first-order chi connectivity index (χ1) is 14.2. The Labute approximate surface area is 163 Å². The normalized spacial score (nSPS) is 11.1. The van der Waals surface area contributed by atoms with Gasteiger partial charge in [0, 0.05) is 17.1 Å². The molecule has 0 atom stereocenters. The zero-order chi connectivity index (χ0) is 19.8. The van der Waals surface area contributed by atoms with Crippen LogP contribution >= 0.6 is 0 Å². The summed E-state index contributed by atoms with van der Waals surface area (Å²) in [6.07, 6.45) is 1.43. The van der Waals surface area contributed by atoms with Crippen LogP contribution in [0.2, 0.25) is 0 Å². The van der Waals surface area contributed by atoms with Crippen molar-refractivity contribution in [3.63, 3.8) is 0 Å². The summed E-state index contributed by atoms with van der Waals surface area (Å²) in [5.74, 6) is 0.283. The third-order valence-corrected chi connectivity index (χ3v) is 4.39. The Morgan fingerprint density at radius 2 is 1.79 bits per heavy atom. The number of nitrogens with zero attached hydrogens (tertiary/aromatic N) is 5. The number of fused-ring (bicyclic) bond motifs is 3. The van der Waals surface area contributed by atoms with Gasteiger partial charge in [-0.2, -0.15) is 4.52 Å². The van der Waals surface area contributed by atoms with Crippen LogP contribution in [-0.2, 0) is 0 Å². The highest BCUT2D eigenvalue weighted by Crippen LogP contribution is 2.25. The van der Waals surface area contributed by atoms with E-state index in [2.05, 4.69) is 25.4 Å². The van der Waals surface area contributed by atoms with Gasteiger partial charge in [-0.3, -0.25) is 4.79 Å². The van der Waals surface area contributed by atoms with Crippen molar-refractivity contribution in [2.75, 3.05) is 5.32 Å². The first kappa shape index (κ1) is 16.9. The number of benzene rings is 2. The van der Waals surface area contributed by atoms with E-state index in [4.69, 9.17) is 0 Å². The van der Waals surface area contributed by atoms with Crippen LogP contribution < -0.4 is 10.9 Å². The summed E-state index contributed by atoms with van der Waals surface area (Å²) in [7, 11) is 0.